The smallest absolute Gasteiger partial charge is 0.127 e. The lowest BCUT2D eigenvalue weighted by Crippen LogP contribution is -2.30. The maximum absolute atomic E-state index is 8.64. The average molecular weight is 416 g/mol. The number of nitrogens with zero attached hydrogens (tertiary/aromatic N) is 3. The number of para-hydroxylation sites is 1. The molecule has 1 saturated heterocycles. The molecule has 160 valence electrons. The minimum absolute atomic E-state index is 0.860. The molecule has 3 aromatic rings. The van der Waals surface area contributed by atoms with Crippen LogP contribution < -0.4 is 4.74 Å². The number of hydrogen-bond acceptors (Lipinski definition) is 5. The molecule has 1 fully saturated rings. The molecule has 0 amide bonds. The number of benzene rings is 3. The van der Waals surface area contributed by atoms with Crippen LogP contribution in [0.15, 0.2) is 84.0 Å². The molecule has 0 atom stereocenters. The van der Waals surface area contributed by atoms with E-state index in [-0.39, 0.29) is 0 Å². The SMILES string of the molecule is O/N=C/c1ccc(CN2CCCN(Cc3ccc(Oc4ccccc4)cc3)CC2)cc1. The Morgan fingerprint density at radius 3 is 1.84 bits per heavy atom. The van der Waals surface area contributed by atoms with Gasteiger partial charge in [0, 0.05) is 26.2 Å². The number of hydrogen-bond donors (Lipinski definition) is 1. The third-order valence-corrected chi connectivity index (χ3v) is 5.58. The molecule has 0 bridgehead atoms. The van der Waals surface area contributed by atoms with Crippen molar-refractivity contribution in [2.45, 2.75) is 19.5 Å². The van der Waals surface area contributed by atoms with E-state index in [0.717, 1.165) is 56.3 Å². The molecule has 5 heteroatoms. The fourth-order valence-corrected chi connectivity index (χ4v) is 3.92. The Labute approximate surface area is 184 Å². The molecule has 1 aliphatic heterocycles. The van der Waals surface area contributed by atoms with Crippen molar-refractivity contribution < 1.29 is 9.94 Å². The van der Waals surface area contributed by atoms with Gasteiger partial charge in [-0.05, 0) is 60.5 Å². The first-order valence-corrected chi connectivity index (χ1v) is 10.8. The minimum atomic E-state index is 0.860. The van der Waals surface area contributed by atoms with Crippen molar-refractivity contribution in [1.29, 1.82) is 0 Å². The van der Waals surface area contributed by atoms with E-state index in [1.165, 1.54) is 23.8 Å². The first kappa shape index (κ1) is 21.1. The van der Waals surface area contributed by atoms with Gasteiger partial charge in [0.15, 0.2) is 0 Å². The van der Waals surface area contributed by atoms with Crippen molar-refractivity contribution in [1.82, 2.24) is 9.80 Å². The summed E-state index contributed by atoms with van der Waals surface area (Å²) >= 11 is 0. The van der Waals surface area contributed by atoms with Crippen LogP contribution in [0.25, 0.3) is 0 Å². The fraction of sp³-hybridized carbons (Fsp3) is 0.269. The molecule has 1 N–H and O–H groups in total. The normalized spacial score (nSPS) is 15.7. The van der Waals surface area contributed by atoms with Crippen LogP contribution in [0.5, 0.6) is 11.5 Å². The predicted molar refractivity (Wildman–Crippen MR) is 124 cm³/mol. The van der Waals surface area contributed by atoms with Crippen LogP contribution in [0, 0.1) is 0 Å². The largest absolute Gasteiger partial charge is 0.457 e. The van der Waals surface area contributed by atoms with Gasteiger partial charge < -0.3 is 9.94 Å². The minimum Gasteiger partial charge on any atom is -0.457 e. The van der Waals surface area contributed by atoms with Gasteiger partial charge in [-0.25, -0.2) is 0 Å². The van der Waals surface area contributed by atoms with Gasteiger partial charge in [-0.15, -0.1) is 0 Å². The Morgan fingerprint density at radius 1 is 0.710 bits per heavy atom. The summed E-state index contributed by atoms with van der Waals surface area (Å²) in [5, 5.41) is 11.7. The zero-order chi connectivity index (χ0) is 21.3. The third-order valence-electron chi connectivity index (χ3n) is 5.58. The first-order chi connectivity index (χ1) is 15.3. The quantitative estimate of drug-likeness (QED) is 0.335. The summed E-state index contributed by atoms with van der Waals surface area (Å²) in [4.78, 5) is 5.06. The van der Waals surface area contributed by atoms with E-state index < -0.39 is 0 Å². The first-order valence-electron chi connectivity index (χ1n) is 10.8. The Kier molecular flexibility index (Phi) is 7.32. The molecule has 4 rings (SSSR count). The second-order valence-corrected chi connectivity index (χ2v) is 7.95. The maximum atomic E-state index is 8.64. The molecule has 0 aliphatic carbocycles. The van der Waals surface area contributed by atoms with Crippen LogP contribution in [0.1, 0.15) is 23.1 Å². The Bertz CT molecular complexity index is 956. The van der Waals surface area contributed by atoms with Crippen molar-refractivity contribution in [2.24, 2.45) is 5.16 Å². The lowest BCUT2D eigenvalue weighted by molar-refractivity contribution is 0.247. The molecule has 1 aliphatic rings. The summed E-state index contributed by atoms with van der Waals surface area (Å²) in [6, 6.07) is 26.5. The van der Waals surface area contributed by atoms with Gasteiger partial charge in [-0.2, -0.15) is 0 Å². The zero-order valence-electron chi connectivity index (χ0n) is 17.7. The summed E-state index contributed by atoms with van der Waals surface area (Å²) in [5.41, 5.74) is 3.51. The molecule has 0 radical (unpaired) electrons. The van der Waals surface area contributed by atoms with E-state index in [1.54, 1.807) is 0 Å². The zero-order valence-corrected chi connectivity index (χ0v) is 17.7. The molecule has 0 saturated carbocycles. The van der Waals surface area contributed by atoms with Crippen molar-refractivity contribution in [3.8, 4) is 11.5 Å². The van der Waals surface area contributed by atoms with E-state index in [0.29, 0.717) is 0 Å². The average Bonchev–Trinajstić information content (AvgIpc) is 3.02. The molecule has 1 heterocycles. The van der Waals surface area contributed by atoms with Crippen molar-refractivity contribution in [2.75, 3.05) is 26.2 Å². The molecule has 3 aromatic carbocycles. The van der Waals surface area contributed by atoms with E-state index in [1.807, 2.05) is 42.5 Å². The van der Waals surface area contributed by atoms with Gasteiger partial charge in [0.05, 0.1) is 6.21 Å². The second kappa shape index (κ2) is 10.8. The van der Waals surface area contributed by atoms with Gasteiger partial charge in [0.1, 0.15) is 11.5 Å². The van der Waals surface area contributed by atoms with E-state index in [4.69, 9.17) is 9.94 Å². The van der Waals surface area contributed by atoms with Crippen LogP contribution >= 0.6 is 0 Å². The number of rotatable bonds is 7. The highest BCUT2D eigenvalue weighted by Crippen LogP contribution is 2.22. The van der Waals surface area contributed by atoms with Crippen LogP contribution in [-0.4, -0.2) is 47.4 Å². The molecule has 5 nitrogen and oxygen atoms in total. The highest BCUT2D eigenvalue weighted by Gasteiger charge is 2.15. The summed E-state index contributed by atoms with van der Waals surface area (Å²) in [6.07, 6.45) is 2.62. The molecule has 0 spiro atoms. The second-order valence-electron chi connectivity index (χ2n) is 7.95. The van der Waals surface area contributed by atoms with E-state index in [2.05, 4.69) is 51.4 Å². The fourth-order valence-electron chi connectivity index (χ4n) is 3.92. The number of ether oxygens (including phenoxy) is 1. The van der Waals surface area contributed by atoms with Crippen LogP contribution in [0.2, 0.25) is 0 Å². The molecule has 0 aromatic heterocycles. The van der Waals surface area contributed by atoms with Gasteiger partial charge in [0.25, 0.3) is 0 Å². The van der Waals surface area contributed by atoms with Crippen molar-refractivity contribution in [3.63, 3.8) is 0 Å². The lowest BCUT2D eigenvalue weighted by Gasteiger charge is -2.22. The number of oxime groups is 1. The highest BCUT2D eigenvalue weighted by molar-refractivity contribution is 5.78. The standard InChI is InChI=1S/C26H29N3O2/c30-27-19-22-7-9-23(10-8-22)20-28-15-4-16-29(18-17-28)21-24-11-13-26(14-12-24)31-25-5-2-1-3-6-25/h1-3,5-14,19,30H,4,15-18,20-21H2/b27-19+. The molecule has 31 heavy (non-hydrogen) atoms. The van der Waals surface area contributed by atoms with E-state index >= 15 is 0 Å². The van der Waals surface area contributed by atoms with Crippen molar-refractivity contribution >= 4 is 6.21 Å². The molecular formula is C26H29N3O2. The monoisotopic (exact) mass is 415 g/mol. The topological polar surface area (TPSA) is 48.3 Å². The maximum Gasteiger partial charge on any atom is 0.127 e. The highest BCUT2D eigenvalue weighted by atomic mass is 16.5. The van der Waals surface area contributed by atoms with Gasteiger partial charge in [-0.3, -0.25) is 9.80 Å². The van der Waals surface area contributed by atoms with Crippen molar-refractivity contribution in [3.05, 3.63) is 95.6 Å². The third kappa shape index (κ3) is 6.41. The van der Waals surface area contributed by atoms with Crippen LogP contribution in [-0.2, 0) is 13.1 Å². The van der Waals surface area contributed by atoms with Crippen LogP contribution in [0.4, 0.5) is 0 Å². The van der Waals surface area contributed by atoms with E-state index in [9.17, 15) is 0 Å². The lowest BCUT2D eigenvalue weighted by atomic mass is 10.1. The summed E-state index contributed by atoms with van der Waals surface area (Å²) in [7, 11) is 0. The van der Waals surface area contributed by atoms with Crippen LogP contribution in [0.3, 0.4) is 0 Å². The Hall–Kier alpha value is -3.15. The Balaban J connectivity index is 1.26. The molecular weight excluding hydrogens is 386 g/mol. The van der Waals surface area contributed by atoms with Gasteiger partial charge >= 0.3 is 0 Å². The Morgan fingerprint density at radius 2 is 1.26 bits per heavy atom. The van der Waals surface area contributed by atoms with Gasteiger partial charge in [0.2, 0.25) is 0 Å². The van der Waals surface area contributed by atoms with Gasteiger partial charge in [-0.1, -0.05) is 59.8 Å². The molecule has 0 unspecified atom stereocenters. The summed E-state index contributed by atoms with van der Waals surface area (Å²) in [5.74, 6) is 1.73. The summed E-state index contributed by atoms with van der Waals surface area (Å²) in [6.45, 7) is 6.28. The predicted octanol–water partition coefficient (Wildman–Crippen LogP) is 4.99. The summed E-state index contributed by atoms with van der Waals surface area (Å²) < 4.78 is 5.90.